The third-order valence-corrected chi connectivity index (χ3v) is 5.07. The van der Waals surface area contributed by atoms with E-state index in [0.29, 0.717) is 16.8 Å². The summed E-state index contributed by atoms with van der Waals surface area (Å²) in [5, 5.41) is 4.94. The number of nitrogens with zero attached hydrogens (tertiary/aromatic N) is 2. The van der Waals surface area contributed by atoms with Crippen LogP contribution in [0.15, 0.2) is 36.5 Å². The van der Waals surface area contributed by atoms with Crippen LogP contribution < -0.4 is 4.74 Å². The van der Waals surface area contributed by atoms with Crippen LogP contribution in [-0.4, -0.2) is 21.3 Å². The van der Waals surface area contributed by atoms with Crippen LogP contribution in [0.5, 0.6) is 11.5 Å². The van der Waals surface area contributed by atoms with Crippen molar-refractivity contribution in [3.05, 3.63) is 41.7 Å². The molecule has 0 saturated carbocycles. The molecule has 3 nitrogen and oxygen atoms in total. The summed E-state index contributed by atoms with van der Waals surface area (Å²) < 4.78 is 7.62. The second-order valence-electron chi connectivity index (χ2n) is 4.98. The summed E-state index contributed by atoms with van der Waals surface area (Å²) in [7, 11) is 0. The molecule has 0 amide bonds. The summed E-state index contributed by atoms with van der Waals surface area (Å²) in [6.07, 6.45) is 4.25. The summed E-state index contributed by atoms with van der Waals surface area (Å²) >= 11 is 8.38. The van der Waals surface area contributed by atoms with Gasteiger partial charge in [0.15, 0.2) is 10.9 Å². The summed E-state index contributed by atoms with van der Waals surface area (Å²) in [5.41, 5.74) is 0. The maximum absolute atomic E-state index is 6.36. The zero-order valence-electron chi connectivity index (χ0n) is 11.2. The minimum Gasteiger partial charge on any atom is -0.452 e. The van der Waals surface area contributed by atoms with Crippen molar-refractivity contribution >= 4 is 23.4 Å². The molecule has 1 aromatic carbocycles. The Morgan fingerprint density at radius 1 is 1.35 bits per heavy atom. The molecule has 5 heteroatoms. The second kappa shape index (κ2) is 6.55. The van der Waals surface area contributed by atoms with Gasteiger partial charge in [-0.1, -0.05) is 29.8 Å². The number of thioether (sulfide) groups is 1. The molecular formula is C15H17ClN2OS. The Labute approximate surface area is 128 Å². The summed E-state index contributed by atoms with van der Waals surface area (Å²) in [5.74, 6) is 4.55. The van der Waals surface area contributed by atoms with Gasteiger partial charge < -0.3 is 4.74 Å². The predicted molar refractivity (Wildman–Crippen MR) is 83.8 cm³/mol. The lowest BCUT2D eigenvalue weighted by Crippen LogP contribution is -2.18. The molecule has 3 rings (SSSR count). The Kier molecular flexibility index (Phi) is 4.53. The van der Waals surface area contributed by atoms with Crippen LogP contribution in [0.4, 0.5) is 0 Å². The average molecular weight is 309 g/mol. The molecule has 1 aliphatic heterocycles. The quantitative estimate of drug-likeness (QED) is 0.833. The number of aromatic nitrogens is 2. The SMILES string of the molecule is Clc1c(Oc2ccccc2)cnn1CC1CCCSC1. The summed E-state index contributed by atoms with van der Waals surface area (Å²) in [6.45, 7) is 0.879. The van der Waals surface area contributed by atoms with E-state index in [4.69, 9.17) is 16.3 Å². The molecule has 1 unspecified atom stereocenters. The fourth-order valence-electron chi connectivity index (χ4n) is 2.36. The van der Waals surface area contributed by atoms with E-state index in [0.717, 1.165) is 12.3 Å². The van der Waals surface area contributed by atoms with Gasteiger partial charge in [0.05, 0.1) is 6.20 Å². The van der Waals surface area contributed by atoms with Crippen molar-refractivity contribution in [3.8, 4) is 11.5 Å². The first-order chi connectivity index (χ1) is 9.83. The maximum Gasteiger partial charge on any atom is 0.184 e. The van der Waals surface area contributed by atoms with Crippen LogP contribution >= 0.6 is 23.4 Å². The third-order valence-electron chi connectivity index (χ3n) is 3.40. The lowest BCUT2D eigenvalue weighted by molar-refractivity contribution is 0.419. The van der Waals surface area contributed by atoms with Crippen molar-refractivity contribution < 1.29 is 4.74 Å². The first-order valence-electron chi connectivity index (χ1n) is 6.85. The Morgan fingerprint density at radius 3 is 2.95 bits per heavy atom. The van der Waals surface area contributed by atoms with Gasteiger partial charge in [-0.15, -0.1) is 0 Å². The van der Waals surface area contributed by atoms with Gasteiger partial charge in [-0.2, -0.15) is 16.9 Å². The number of halogens is 1. The van der Waals surface area contributed by atoms with Crippen molar-refractivity contribution in [1.29, 1.82) is 0 Å². The molecule has 2 heterocycles. The number of ether oxygens (including phenoxy) is 1. The molecule has 0 spiro atoms. The Balaban J connectivity index is 1.68. The summed E-state index contributed by atoms with van der Waals surface area (Å²) in [6, 6.07) is 9.65. The Morgan fingerprint density at radius 2 is 2.20 bits per heavy atom. The molecule has 0 aliphatic carbocycles. The summed E-state index contributed by atoms with van der Waals surface area (Å²) in [4.78, 5) is 0. The monoisotopic (exact) mass is 308 g/mol. The number of para-hydroxylation sites is 1. The van der Waals surface area contributed by atoms with Crippen molar-refractivity contribution in [3.63, 3.8) is 0 Å². The van der Waals surface area contributed by atoms with Gasteiger partial charge in [-0.25, -0.2) is 0 Å². The molecule has 106 valence electrons. The first kappa shape index (κ1) is 13.8. The van der Waals surface area contributed by atoms with Crippen LogP contribution in [0, 0.1) is 5.92 Å². The topological polar surface area (TPSA) is 27.1 Å². The van der Waals surface area contributed by atoms with E-state index < -0.39 is 0 Å². The zero-order valence-corrected chi connectivity index (χ0v) is 12.7. The number of hydrogen-bond acceptors (Lipinski definition) is 3. The van der Waals surface area contributed by atoms with Gasteiger partial charge in [0.1, 0.15) is 5.75 Å². The molecule has 20 heavy (non-hydrogen) atoms. The molecular weight excluding hydrogens is 292 g/mol. The highest BCUT2D eigenvalue weighted by Crippen LogP contribution is 2.31. The zero-order chi connectivity index (χ0) is 13.8. The standard InChI is InChI=1S/C15H17ClN2OS/c16-15-14(19-13-6-2-1-3-7-13)9-17-18(15)10-12-5-4-8-20-11-12/h1-3,6-7,9,12H,4-5,8,10-11H2. The highest BCUT2D eigenvalue weighted by Gasteiger charge is 2.18. The largest absolute Gasteiger partial charge is 0.452 e. The van der Waals surface area contributed by atoms with Crippen molar-refractivity contribution in [2.45, 2.75) is 19.4 Å². The van der Waals surface area contributed by atoms with Crippen molar-refractivity contribution in [2.75, 3.05) is 11.5 Å². The molecule has 0 bridgehead atoms. The minimum atomic E-state index is 0.587. The fraction of sp³-hybridized carbons (Fsp3) is 0.400. The molecule has 0 radical (unpaired) electrons. The van der Waals surface area contributed by atoms with Gasteiger partial charge in [-0.3, -0.25) is 4.68 Å². The van der Waals surface area contributed by atoms with E-state index in [1.54, 1.807) is 6.20 Å². The normalized spacial score (nSPS) is 18.9. The molecule has 1 fully saturated rings. The fourth-order valence-corrected chi connectivity index (χ4v) is 3.70. The molecule has 0 N–H and O–H groups in total. The van der Waals surface area contributed by atoms with E-state index in [9.17, 15) is 0 Å². The van der Waals surface area contributed by atoms with E-state index >= 15 is 0 Å². The highest BCUT2D eigenvalue weighted by atomic mass is 35.5. The van der Waals surface area contributed by atoms with Gasteiger partial charge >= 0.3 is 0 Å². The highest BCUT2D eigenvalue weighted by molar-refractivity contribution is 7.99. The Bertz CT molecular complexity index is 552. The second-order valence-corrected chi connectivity index (χ2v) is 6.49. The van der Waals surface area contributed by atoms with Gasteiger partial charge in [0.25, 0.3) is 0 Å². The first-order valence-corrected chi connectivity index (χ1v) is 8.38. The molecule has 1 aliphatic rings. The molecule has 1 atom stereocenters. The van der Waals surface area contributed by atoms with Crippen molar-refractivity contribution in [1.82, 2.24) is 9.78 Å². The average Bonchev–Trinajstić information content (AvgIpc) is 2.83. The number of rotatable bonds is 4. The van der Waals surface area contributed by atoms with Crippen LogP contribution in [-0.2, 0) is 6.54 Å². The van der Waals surface area contributed by atoms with Gasteiger partial charge in [0.2, 0.25) is 0 Å². The number of hydrogen-bond donors (Lipinski definition) is 0. The predicted octanol–water partition coefficient (Wildman–Crippen LogP) is 4.47. The van der Waals surface area contributed by atoms with E-state index in [2.05, 4.69) is 5.10 Å². The lowest BCUT2D eigenvalue weighted by atomic mass is 10.1. The van der Waals surface area contributed by atoms with Crippen LogP contribution in [0.3, 0.4) is 0 Å². The molecule has 1 saturated heterocycles. The van der Waals surface area contributed by atoms with E-state index in [1.807, 2.05) is 46.8 Å². The van der Waals surface area contributed by atoms with E-state index in [1.165, 1.54) is 24.3 Å². The molecule has 2 aromatic rings. The van der Waals surface area contributed by atoms with Gasteiger partial charge in [0, 0.05) is 6.54 Å². The van der Waals surface area contributed by atoms with E-state index in [-0.39, 0.29) is 0 Å². The minimum absolute atomic E-state index is 0.587. The van der Waals surface area contributed by atoms with Crippen LogP contribution in [0.2, 0.25) is 5.15 Å². The van der Waals surface area contributed by atoms with Crippen LogP contribution in [0.25, 0.3) is 0 Å². The third kappa shape index (κ3) is 3.30. The van der Waals surface area contributed by atoms with Crippen LogP contribution in [0.1, 0.15) is 12.8 Å². The maximum atomic E-state index is 6.36. The smallest absolute Gasteiger partial charge is 0.184 e. The lowest BCUT2D eigenvalue weighted by Gasteiger charge is -2.21. The van der Waals surface area contributed by atoms with Crippen molar-refractivity contribution in [2.24, 2.45) is 5.92 Å². The van der Waals surface area contributed by atoms with Gasteiger partial charge in [-0.05, 0) is 42.4 Å². The number of benzene rings is 1. The Hall–Kier alpha value is -1.13. The molecule has 1 aromatic heterocycles.